The van der Waals surface area contributed by atoms with Crippen LogP contribution in [0.15, 0.2) is 64.8 Å². The highest BCUT2D eigenvalue weighted by atomic mass is 31.2. The van der Waals surface area contributed by atoms with Gasteiger partial charge in [-0.05, 0) is 26.0 Å². The largest absolute Gasteiger partial charge is 0.465 e. The number of rotatable bonds is 13. The maximum atomic E-state index is 13.6. The lowest BCUT2D eigenvalue weighted by molar-refractivity contribution is -0.144. The summed E-state index contributed by atoms with van der Waals surface area (Å²) in [4.78, 5) is 38.0. The van der Waals surface area contributed by atoms with Crippen molar-refractivity contribution < 1.29 is 37.7 Å². The Morgan fingerprint density at radius 2 is 2.05 bits per heavy atom. The molecular formula is C23H30N3O10P. The number of benzene rings is 1. The van der Waals surface area contributed by atoms with E-state index < -0.39 is 62.2 Å². The summed E-state index contributed by atoms with van der Waals surface area (Å²) in [5.74, 6) is -0.470. The van der Waals surface area contributed by atoms with Crippen LogP contribution >= 0.6 is 7.75 Å². The normalized spacial score (nSPS) is 23.6. The molecule has 3 rings (SSSR count). The van der Waals surface area contributed by atoms with Crippen molar-refractivity contribution in [2.75, 3.05) is 19.8 Å². The van der Waals surface area contributed by atoms with E-state index in [0.29, 0.717) is 0 Å². The Balaban J connectivity index is 1.81. The number of hydrogen-bond acceptors (Lipinski definition) is 10. The van der Waals surface area contributed by atoms with Crippen molar-refractivity contribution in [3.05, 3.63) is 76.1 Å². The van der Waals surface area contributed by atoms with Crippen molar-refractivity contribution in [1.82, 2.24) is 14.6 Å². The number of carbonyl (C=O) groups is 1. The van der Waals surface area contributed by atoms with Crippen LogP contribution in [0.25, 0.3) is 0 Å². The lowest BCUT2D eigenvalue weighted by Crippen LogP contribution is -2.39. The predicted molar refractivity (Wildman–Crippen MR) is 131 cm³/mol. The van der Waals surface area contributed by atoms with Crippen LogP contribution in [0.4, 0.5) is 0 Å². The maximum absolute atomic E-state index is 13.6. The fourth-order valence-corrected chi connectivity index (χ4v) is 5.01. The first-order valence-electron chi connectivity index (χ1n) is 11.5. The van der Waals surface area contributed by atoms with Gasteiger partial charge < -0.3 is 23.8 Å². The number of ether oxygens (including phenoxy) is 3. The van der Waals surface area contributed by atoms with Gasteiger partial charge in [-0.3, -0.25) is 23.7 Å². The summed E-state index contributed by atoms with van der Waals surface area (Å²) in [5.41, 5.74) is -1.38. The Kier molecular flexibility index (Phi) is 9.98. The van der Waals surface area contributed by atoms with Gasteiger partial charge in [0.1, 0.15) is 30.1 Å². The molecule has 0 radical (unpaired) electrons. The molecule has 1 aliphatic heterocycles. The highest BCUT2D eigenvalue weighted by Crippen LogP contribution is 2.46. The predicted octanol–water partition coefficient (Wildman–Crippen LogP) is 1.11. The fraction of sp³-hybridized carbons (Fsp3) is 0.435. The number of H-pyrrole nitrogens is 1. The fourth-order valence-electron chi connectivity index (χ4n) is 3.51. The summed E-state index contributed by atoms with van der Waals surface area (Å²) in [7, 11) is -4.22. The average molecular weight is 539 g/mol. The molecule has 6 atom stereocenters. The minimum atomic E-state index is -4.22. The highest BCUT2D eigenvalue weighted by Gasteiger charge is 2.47. The Morgan fingerprint density at radius 3 is 2.70 bits per heavy atom. The molecule has 1 aromatic carbocycles. The summed E-state index contributed by atoms with van der Waals surface area (Å²) < 4.78 is 42.2. The number of aliphatic hydroxyl groups excluding tert-OH is 1. The molecular weight excluding hydrogens is 509 g/mol. The van der Waals surface area contributed by atoms with Crippen molar-refractivity contribution in [3.8, 4) is 5.75 Å². The summed E-state index contributed by atoms with van der Waals surface area (Å²) in [5, 5.41) is 13.4. The van der Waals surface area contributed by atoms with Crippen LogP contribution in [0.1, 0.15) is 20.1 Å². The number of hydrogen-bond donors (Lipinski definition) is 3. The first-order chi connectivity index (χ1) is 17.7. The van der Waals surface area contributed by atoms with Crippen molar-refractivity contribution >= 4 is 13.7 Å². The minimum absolute atomic E-state index is 0.0293. The molecule has 0 amide bonds. The van der Waals surface area contributed by atoms with Crippen molar-refractivity contribution in [2.24, 2.45) is 0 Å². The molecule has 37 heavy (non-hydrogen) atoms. The van der Waals surface area contributed by atoms with Gasteiger partial charge in [-0.25, -0.2) is 9.36 Å². The molecule has 3 N–H and O–H groups in total. The summed E-state index contributed by atoms with van der Waals surface area (Å²) in [6.07, 6.45) is -2.02. The van der Waals surface area contributed by atoms with Gasteiger partial charge in [-0.15, -0.1) is 6.58 Å². The van der Waals surface area contributed by atoms with E-state index in [9.17, 15) is 24.1 Å². The lowest BCUT2D eigenvalue weighted by atomic mass is 10.1. The van der Waals surface area contributed by atoms with Crippen LogP contribution in [-0.2, 0) is 28.1 Å². The van der Waals surface area contributed by atoms with Crippen molar-refractivity contribution in [3.63, 3.8) is 0 Å². The Hall–Kier alpha value is -3.06. The number of aliphatic hydroxyl groups is 1. The summed E-state index contributed by atoms with van der Waals surface area (Å²) >= 11 is 0. The minimum Gasteiger partial charge on any atom is -0.465 e. The third kappa shape index (κ3) is 7.48. The van der Waals surface area contributed by atoms with Crippen LogP contribution in [0.3, 0.4) is 0 Å². The van der Waals surface area contributed by atoms with Gasteiger partial charge in [0, 0.05) is 12.3 Å². The molecule has 1 aliphatic rings. The molecule has 0 spiro atoms. The third-order valence-corrected chi connectivity index (χ3v) is 6.86. The van der Waals surface area contributed by atoms with E-state index in [1.165, 1.54) is 19.2 Å². The topological polar surface area (TPSA) is 167 Å². The molecule has 0 bridgehead atoms. The molecule has 1 aromatic heterocycles. The van der Waals surface area contributed by atoms with Gasteiger partial charge in [-0.1, -0.05) is 24.3 Å². The van der Waals surface area contributed by atoms with E-state index in [-0.39, 0.29) is 19.0 Å². The number of carbonyl (C=O) groups excluding carboxylic acids is 1. The molecule has 2 heterocycles. The SMILES string of the molecule is C=CCO[C@H]1[C@H](O)[C@@H](COP(=O)(NC(C)C(=O)OCC)Oc2ccccc2)O[C@H]1n1ccc(=O)[nH]c1=O. The van der Waals surface area contributed by atoms with Gasteiger partial charge in [-0.2, -0.15) is 5.09 Å². The van der Waals surface area contributed by atoms with Gasteiger partial charge in [0.25, 0.3) is 5.56 Å². The molecule has 2 unspecified atom stereocenters. The zero-order valence-electron chi connectivity index (χ0n) is 20.3. The van der Waals surface area contributed by atoms with E-state index in [4.69, 9.17) is 23.3 Å². The average Bonchev–Trinajstić information content (AvgIpc) is 3.17. The van der Waals surface area contributed by atoms with Crippen LogP contribution in [0.5, 0.6) is 5.75 Å². The van der Waals surface area contributed by atoms with E-state index in [1.807, 2.05) is 0 Å². The molecule has 1 saturated heterocycles. The molecule has 0 aliphatic carbocycles. The second-order valence-electron chi connectivity index (χ2n) is 7.96. The van der Waals surface area contributed by atoms with E-state index in [1.54, 1.807) is 37.3 Å². The number of nitrogens with one attached hydrogen (secondary N) is 2. The molecule has 202 valence electrons. The van der Waals surface area contributed by atoms with E-state index in [0.717, 1.165) is 10.6 Å². The number of esters is 1. The monoisotopic (exact) mass is 539 g/mol. The summed E-state index contributed by atoms with van der Waals surface area (Å²) in [6.45, 7) is 6.31. The smallest absolute Gasteiger partial charge is 0.459 e. The quantitative estimate of drug-likeness (QED) is 0.189. The standard InChI is InChI=1S/C23H30N3O10P/c1-4-13-33-20-19(28)17(35-21(20)26-12-11-18(27)24-23(26)30)14-34-37(31,25-15(3)22(29)32-5-2)36-16-9-7-6-8-10-16/h4,6-12,15,17,19-21,28H,1,5,13-14H2,2-3H3,(H,25,31)(H,24,27,30)/t15?,17-,19-,20+,21-,37?/m1/s1. The molecule has 0 saturated carbocycles. The Labute approximate surface area is 212 Å². The zero-order chi connectivity index (χ0) is 27.0. The third-order valence-electron chi connectivity index (χ3n) is 5.21. The van der Waals surface area contributed by atoms with E-state index >= 15 is 0 Å². The first kappa shape index (κ1) is 28.5. The Bertz CT molecular complexity index is 1220. The summed E-state index contributed by atoms with van der Waals surface area (Å²) in [6, 6.07) is 8.21. The van der Waals surface area contributed by atoms with Crippen LogP contribution in [0, 0.1) is 0 Å². The van der Waals surface area contributed by atoms with Gasteiger partial charge in [0.15, 0.2) is 6.23 Å². The van der Waals surface area contributed by atoms with E-state index in [2.05, 4.69) is 16.7 Å². The second kappa shape index (κ2) is 13.0. The van der Waals surface area contributed by atoms with Crippen LogP contribution in [0.2, 0.25) is 0 Å². The zero-order valence-corrected chi connectivity index (χ0v) is 21.2. The first-order valence-corrected chi connectivity index (χ1v) is 13.0. The molecule has 14 heteroatoms. The Morgan fingerprint density at radius 1 is 1.32 bits per heavy atom. The van der Waals surface area contributed by atoms with Crippen molar-refractivity contribution in [2.45, 2.75) is 44.4 Å². The molecule has 1 fully saturated rings. The second-order valence-corrected chi connectivity index (χ2v) is 9.65. The van der Waals surface area contributed by atoms with Gasteiger partial charge >= 0.3 is 19.4 Å². The van der Waals surface area contributed by atoms with Crippen molar-refractivity contribution in [1.29, 1.82) is 0 Å². The number of para-hydroxylation sites is 1. The van der Waals surface area contributed by atoms with Crippen LogP contribution < -0.4 is 20.9 Å². The van der Waals surface area contributed by atoms with Gasteiger partial charge in [0.05, 0.1) is 19.8 Å². The molecule has 13 nitrogen and oxygen atoms in total. The maximum Gasteiger partial charge on any atom is 0.459 e. The lowest BCUT2D eigenvalue weighted by Gasteiger charge is -2.24. The number of aromatic nitrogens is 2. The van der Waals surface area contributed by atoms with Gasteiger partial charge in [0.2, 0.25) is 0 Å². The number of aromatic amines is 1. The highest BCUT2D eigenvalue weighted by molar-refractivity contribution is 7.52. The van der Waals surface area contributed by atoms with Crippen LogP contribution in [-0.4, -0.2) is 64.8 Å². The number of nitrogens with zero attached hydrogens (tertiary/aromatic N) is 1. The molecule has 2 aromatic rings.